The molecular weight excluding hydrogens is 432 g/mol. The van der Waals surface area contributed by atoms with Crippen molar-refractivity contribution >= 4 is 57.1 Å². The number of fused-ring (bicyclic) bond motifs is 1. The maximum absolute atomic E-state index is 12.4. The lowest BCUT2D eigenvalue weighted by Crippen LogP contribution is -2.71. The van der Waals surface area contributed by atoms with Crippen LogP contribution in [0.3, 0.4) is 0 Å². The highest BCUT2D eigenvalue weighted by Crippen LogP contribution is 2.52. The van der Waals surface area contributed by atoms with Crippen molar-refractivity contribution in [2.45, 2.75) is 28.6 Å². The summed E-state index contributed by atoms with van der Waals surface area (Å²) in [5.41, 5.74) is 0.849. The molecule has 3 rings (SSSR count). The van der Waals surface area contributed by atoms with E-state index in [1.54, 1.807) is 0 Å². The second-order valence-corrected chi connectivity index (χ2v) is 8.39. The molecule has 2 aliphatic rings. The minimum absolute atomic E-state index is 0.0881. The predicted molar refractivity (Wildman–Crippen MR) is 99.0 cm³/mol. The Balaban J connectivity index is 1.71. The van der Waals surface area contributed by atoms with Crippen molar-refractivity contribution in [3.8, 4) is 0 Å². The summed E-state index contributed by atoms with van der Waals surface area (Å²) < 4.78 is -0.813. The number of carbonyl (C=O) groups is 3. The fourth-order valence-corrected chi connectivity index (χ4v) is 6.34. The number of hydrogen-bond acceptors (Lipinski definition) is 4. The van der Waals surface area contributed by atoms with E-state index in [-0.39, 0.29) is 24.1 Å². The van der Waals surface area contributed by atoms with Crippen LogP contribution in [0, 0.1) is 0 Å². The van der Waals surface area contributed by atoms with Gasteiger partial charge in [-0.3, -0.25) is 9.59 Å². The Kier molecular flexibility index (Phi) is 5.31. The van der Waals surface area contributed by atoms with Crippen LogP contribution in [0.2, 0.25) is 0 Å². The zero-order valence-corrected chi connectivity index (χ0v) is 16.2. The number of rotatable bonds is 6. The number of aliphatic carboxylic acids is 1. The third-order valence-electron chi connectivity index (χ3n) is 4.42. The first-order valence-corrected chi connectivity index (χ1v) is 10.1. The van der Waals surface area contributed by atoms with Crippen molar-refractivity contribution in [3.63, 3.8) is 0 Å². The van der Waals surface area contributed by atoms with E-state index in [2.05, 4.69) is 21.2 Å². The molecule has 9 heteroatoms. The van der Waals surface area contributed by atoms with Gasteiger partial charge in [-0.2, -0.15) is 0 Å². The summed E-state index contributed by atoms with van der Waals surface area (Å²) in [6.45, 7) is 0. The Morgan fingerprint density at radius 3 is 2.60 bits per heavy atom. The van der Waals surface area contributed by atoms with E-state index in [4.69, 9.17) is 11.6 Å². The fourth-order valence-electron chi connectivity index (χ4n) is 3.17. The van der Waals surface area contributed by atoms with Crippen LogP contribution in [0.1, 0.15) is 5.56 Å². The molecule has 2 heterocycles. The van der Waals surface area contributed by atoms with Gasteiger partial charge >= 0.3 is 5.97 Å². The highest BCUT2D eigenvalue weighted by Gasteiger charge is 2.66. The molecule has 0 spiro atoms. The van der Waals surface area contributed by atoms with Crippen LogP contribution < -0.4 is 5.32 Å². The van der Waals surface area contributed by atoms with Gasteiger partial charge in [0.2, 0.25) is 11.8 Å². The molecule has 2 aliphatic heterocycles. The number of alkyl halides is 2. The molecule has 4 unspecified atom stereocenters. The minimum atomic E-state index is -1.09. The number of hydrogen-bond donors (Lipinski definition) is 2. The largest absolute Gasteiger partial charge is 0.480 e. The summed E-state index contributed by atoms with van der Waals surface area (Å²) in [5, 5.41) is 12.2. The van der Waals surface area contributed by atoms with E-state index in [0.29, 0.717) is 5.33 Å². The molecule has 6 nitrogen and oxygen atoms in total. The summed E-state index contributed by atoms with van der Waals surface area (Å²) in [7, 11) is 0. The number of nitrogens with one attached hydrogen (secondary N) is 1. The van der Waals surface area contributed by atoms with Crippen molar-refractivity contribution in [1.82, 2.24) is 10.2 Å². The quantitative estimate of drug-likeness (QED) is 0.509. The topological polar surface area (TPSA) is 86.7 Å². The smallest absolute Gasteiger partial charge is 0.328 e. The molecule has 1 aromatic carbocycles. The second kappa shape index (κ2) is 7.17. The third kappa shape index (κ3) is 3.15. The van der Waals surface area contributed by atoms with Crippen LogP contribution in [0.25, 0.3) is 0 Å². The number of β-lactam (4-membered cyclic amide) rings is 1. The van der Waals surface area contributed by atoms with Crippen LogP contribution in [-0.2, 0) is 20.8 Å². The molecular formula is C16H16BrClN2O4S. The fraction of sp³-hybridized carbons (Fsp3) is 0.438. The Bertz CT molecular complexity index is 701. The molecule has 0 aliphatic carbocycles. The maximum Gasteiger partial charge on any atom is 0.328 e. The Hall–Kier alpha value is -1.25. The van der Waals surface area contributed by atoms with Crippen LogP contribution in [0.4, 0.5) is 0 Å². The number of nitrogens with zero attached hydrogens (tertiary/aromatic N) is 1. The summed E-state index contributed by atoms with van der Waals surface area (Å²) in [5.74, 6) is -1.64. The third-order valence-corrected chi connectivity index (χ3v) is 8.15. The molecule has 2 N–H and O–H groups in total. The lowest BCUT2D eigenvalue weighted by atomic mass is 9.95. The zero-order chi connectivity index (χ0) is 18.2. The first-order chi connectivity index (χ1) is 11.9. The molecule has 134 valence electrons. The van der Waals surface area contributed by atoms with Crippen LogP contribution in [0.5, 0.6) is 0 Å². The zero-order valence-electron chi connectivity index (χ0n) is 13.0. The number of thioether (sulfide) groups is 1. The van der Waals surface area contributed by atoms with E-state index in [9.17, 15) is 19.5 Å². The number of carbonyl (C=O) groups excluding carboxylic acids is 2. The minimum Gasteiger partial charge on any atom is -0.480 e. The molecule has 1 aromatic rings. The Morgan fingerprint density at radius 2 is 2.04 bits per heavy atom. The Morgan fingerprint density at radius 1 is 1.36 bits per heavy atom. The maximum atomic E-state index is 12.4. The SMILES string of the molecule is O=C(Cc1ccccc1)NC1C(=O)N2C1SC(CCl)(CBr)C2C(=O)O. The average molecular weight is 448 g/mol. The van der Waals surface area contributed by atoms with Gasteiger partial charge in [0, 0.05) is 11.2 Å². The Labute approximate surface area is 162 Å². The van der Waals surface area contributed by atoms with Crippen molar-refractivity contribution in [2.24, 2.45) is 0 Å². The van der Waals surface area contributed by atoms with E-state index in [1.165, 1.54) is 16.7 Å². The number of carboxylic acid groups (broad SMARTS) is 1. The molecule has 0 radical (unpaired) electrons. The van der Waals surface area contributed by atoms with Gasteiger partial charge in [-0.15, -0.1) is 23.4 Å². The standard InChI is InChI=1S/C16H16BrClN2O4S/c17-7-16(8-18)12(15(23)24)20-13(22)11(14(20)25-16)19-10(21)6-9-4-2-1-3-5-9/h1-5,11-12,14H,6-8H2,(H,19,21)(H,23,24). The summed E-state index contributed by atoms with van der Waals surface area (Å²) in [6.07, 6.45) is 0.170. The first-order valence-electron chi connectivity index (χ1n) is 7.61. The monoisotopic (exact) mass is 446 g/mol. The van der Waals surface area contributed by atoms with E-state index in [1.807, 2.05) is 30.3 Å². The van der Waals surface area contributed by atoms with Crippen LogP contribution in [-0.4, -0.2) is 61.2 Å². The van der Waals surface area contributed by atoms with Gasteiger partial charge in [0.1, 0.15) is 17.5 Å². The molecule has 0 aromatic heterocycles. The van der Waals surface area contributed by atoms with Gasteiger partial charge in [-0.05, 0) is 5.56 Å². The summed E-state index contributed by atoms with van der Waals surface area (Å²) in [4.78, 5) is 37.7. The number of halogens is 2. The first kappa shape index (κ1) is 18.5. The van der Waals surface area contributed by atoms with Gasteiger partial charge in [0.25, 0.3) is 0 Å². The molecule has 0 saturated carbocycles. The lowest BCUT2D eigenvalue weighted by Gasteiger charge is -2.43. The molecule has 4 atom stereocenters. The van der Waals surface area contributed by atoms with Crippen molar-refractivity contribution < 1.29 is 19.5 Å². The van der Waals surface area contributed by atoms with Crippen LogP contribution >= 0.6 is 39.3 Å². The van der Waals surface area contributed by atoms with Gasteiger partial charge in [-0.1, -0.05) is 46.3 Å². The van der Waals surface area contributed by atoms with Crippen LogP contribution in [0.15, 0.2) is 30.3 Å². The highest BCUT2D eigenvalue weighted by atomic mass is 79.9. The van der Waals surface area contributed by atoms with Gasteiger partial charge < -0.3 is 15.3 Å². The van der Waals surface area contributed by atoms with Gasteiger partial charge in [0.15, 0.2) is 0 Å². The highest BCUT2D eigenvalue weighted by molar-refractivity contribution is 9.09. The number of amides is 2. The molecule has 2 fully saturated rings. The molecule has 0 bridgehead atoms. The van der Waals surface area contributed by atoms with E-state index < -0.39 is 28.2 Å². The second-order valence-electron chi connectivity index (χ2n) is 6.03. The lowest BCUT2D eigenvalue weighted by molar-refractivity contribution is -0.160. The normalized spacial score (nSPS) is 30.6. The van der Waals surface area contributed by atoms with E-state index in [0.717, 1.165) is 5.56 Å². The van der Waals surface area contributed by atoms with Crippen molar-refractivity contribution in [2.75, 3.05) is 11.2 Å². The average Bonchev–Trinajstić information content (AvgIpc) is 2.93. The number of benzene rings is 1. The van der Waals surface area contributed by atoms with Crippen molar-refractivity contribution in [1.29, 1.82) is 0 Å². The van der Waals surface area contributed by atoms with E-state index >= 15 is 0 Å². The number of carboxylic acids is 1. The molecule has 2 saturated heterocycles. The predicted octanol–water partition coefficient (Wildman–Crippen LogP) is 1.45. The molecule has 2 amide bonds. The van der Waals surface area contributed by atoms with Gasteiger partial charge in [-0.25, -0.2) is 4.79 Å². The summed E-state index contributed by atoms with van der Waals surface area (Å²) in [6, 6.07) is 7.50. The van der Waals surface area contributed by atoms with Crippen molar-refractivity contribution in [3.05, 3.63) is 35.9 Å². The summed E-state index contributed by atoms with van der Waals surface area (Å²) >= 11 is 10.7. The van der Waals surface area contributed by atoms with Gasteiger partial charge in [0.05, 0.1) is 11.2 Å². The molecule has 25 heavy (non-hydrogen) atoms.